The van der Waals surface area contributed by atoms with Crippen LogP contribution in [0.25, 0.3) is 121 Å². The third kappa shape index (κ3) is 6.08. The molecule has 0 aliphatic carbocycles. The Bertz CT molecular complexity index is 3450. The number of rotatable bonds is 5. The first-order valence-electron chi connectivity index (χ1n) is 20.1. The lowest BCUT2D eigenvalue weighted by Crippen LogP contribution is -2.01. The van der Waals surface area contributed by atoms with Crippen molar-refractivity contribution in [3.63, 3.8) is 0 Å². The summed E-state index contributed by atoms with van der Waals surface area (Å²) in [7, 11) is 0. The number of benzene rings is 9. The highest BCUT2D eigenvalue weighted by molar-refractivity contribution is 6.02. The maximum Gasteiger partial charge on any atom is 0.164 e. The summed E-state index contributed by atoms with van der Waals surface area (Å²) in [6.07, 6.45) is 3.63. The Morgan fingerprint density at radius 3 is 1.03 bits per heavy atom. The van der Waals surface area contributed by atoms with E-state index < -0.39 is 0 Å². The highest BCUT2D eigenvalue weighted by atomic mass is 15.0. The average molecular weight is 764 g/mol. The topological polar surface area (TPSA) is 64.5 Å². The molecule has 0 saturated carbocycles. The average Bonchev–Trinajstić information content (AvgIpc) is 3.31. The van der Waals surface area contributed by atoms with Crippen molar-refractivity contribution >= 4 is 64.9 Å². The molecule has 5 nitrogen and oxygen atoms in total. The van der Waals surface area contributed by atoms with Gasteiger partial charge in [0.2, 0.25) is 0 Å². The van der Waals surface area contributed by atoms with Gasteiger partial charge in [0.1, 0.15) is 0 Å². The van der Waals surface area contributed by atoms with E-state index >= 15 is 0 Å². The van der Waals surface area contributed by atoms with Crippen LogP contribution in [0.5, 0.6) is 0 Å². The fourth-order valence-corrected chi connectivity index (χ4v) is 8.52. The zero-order valence-corrected chi connectivity index (χ0v) is 32.3. The van der Waals surface area contributed by atoms with Gasteiger partial charge in [-0.15, -0.1) is 0 Å². The van der Waals surface area contributed by atoms with Crippen LogP contribution in [-0.2, 0) is 0 Å². The Hall–Kier alpha value is -8.15. The van der Waals surface area contributed by atoms with E-state index in [-0.39, 0.29) is 0 Å². The first kappa shape index (κ1) is 33.9. The third-order valence-corrected chi connectivity index (χ3v) is 11.6. The molecule has 0 unspecified atom stereocenters. The van der Waals surface area contributed by atoms with E-state index in [0.29, 0.717) is 17.5 Å². The van der Waals surface area contributed by atoms with Crippen molar-refractivity contribution in [2.75, 3.05) is 0 Å². The zero-order valence-electron chi connectivity index (χ0n) is 32.3. The summed E-state index contributed by atoms with van der Waals surface area (Å²) in [4.78, 5) is 24.8. The fourth-order valence-electron chi connectivity index (χ4n) is 8.52. The molecule has 0 aliphatic heterocycles. The minimum Gasteiger partial charge on any atom is -0.256 e. The van der Waals surface area contributed by atoms with Crippen LogP contribution in [0, 0.1) is 0 Å². The van der Waals surface area contributed by atoms with E-state index in [1.807, 2.05) is 48.8 Å². The zero-order chi connectivity index (χ0) is 39.6. The van der Waals surface area contributed by atoms with Crippen molar-refractivity contribution in [2.24, 2.45) is 0 Å². The van der Waals surface area contributed by atoms with Crippen LogP contribution >= 0.6 is 0 Å². The van der Waals surface area contributed by atoms with Gasteiger partial charge in [-0.1, -0.05) is 84.9 Å². The maximum atomic E-state index is 5.25. The largest absolute Gasteiger partial charge is 0.256 e. The Balaban J connectivity index is 1.08. The lowest BCUT2D eigenvalue weighted by molar-refractivity contribution is 1.07. The molecular weight excluding hydrogens is 731 g/mol. The lowest BCUT2D eigenvalue weighted by atomic mass is 9.92. The molecule has 278 valence electrons. The van der Waals surface area contributed by atoms with Gasteiger partial charge in [-0.25, -0.2) is 15.0 Å². The summed E-state index contributed by atoms with van der Waals surface area (Å²) in [5.74, 6) is 1.78. The molecule has 0 fully saturated rings. The summed E-state index contributed by atoms with van der Waals surface area (Å²) >= 11 is 0. The fraction of sp³-hybridized carbons (Fsp3) is 0. The van der Waals surface area contributed by atoms with Crippen molar-refractivity contribution in [1.82, 2.24) is 24.9 Å². The van der Waals surface area contributed by atoms with E-state index in [1.165, 1.54) is 43.1 Å². The number of hydrogen-bond acceptors (Lipinski definition) is 5. The Labute approximate surface area is 345 Å². The highest BCUT2D eigenvalue weighted by Gasteiger charge is 2.17. The molecule has 3 aromatic heterocycles. The molecule has 3 heterocycles. The quantitative estimate of drug-likeness (QED) is 0.163. The van der Waals surface area contributed by atoms with Crippen molar-refractivity contribution in [3.05, 3.63) is 200 Å². The number of pyridine rings is 2. The molecule has 0 amide bonds. The third-order valence-electron chi connectivity index (χ3n) is 11.6. The SMILES string of the molecule is c1ccc2cc3cc(-c4cc(-c5ccc6cc7ccccc7cc6c5)cc(-c5nc(-c6ccc7ncccc7c6)nc(-c6ccc7ncccc7c6)n5)c4)ccc3cc2c1. The minimum atomic E-state index is 0.592. The Morgan fingerprint density at radius 2 is 0.567 bits per heavy atom. The molecule has 0 bridgehead atoms. The second-order valence-corrected chi connectivity index (χ2v) is 15.4. The molecular formula is C55H33N5. The Morgan fingerprint density at radius 1 is 0.217 bits per heavy atom. The van der Waals surface area contributed by atoms with Crippen LogP contribution < -0.4 is 0 Å². The molecule has 0 spiro atoms. The van der Waals surface area contributed by atoms with E-state index in [1.54, 1.807) is 0 Å². The molecule has 0 aliphatic rings. The van der Waals surface area contributed by atoms with Crippen LogP contribution in [0.4, 0.5) is 0 Å². The van der Waals surface area contributed by atoms with Gasteiger partial charge in [0.25, 0.3) is 0 Å². The van der Waals surface area contributed by atoms with Crippen LogP contribution in [0.3, 0.4) is 0 Å². The second kappa shape index (κ2) is 13.8. The molecule has 12 rings (SSSR count). The number of fused-ring (bicyclic) bond motifs is 6. The van der Waals surface area contributed by atoms with Crippen LogP contribution in [0.15, 0.2) is 200 Å². The summed E-state index contributed by atoms with van der Waals surface area (Å²) in [6, 6.07) is 66.9. The number of aromatic nitrogens is 5. The normalized spacial score (nSPS) is 11.7. The van der Waals surface area contributed by atoms with Crippen LogP contribution in [0.1, 0.15) is 0 Å². The first-order valence-corrected chi connectivity index (χ1v) is 20.1. The van der Waals surface area contributed by atoms with Gasteiger partial charge in [-0.3, -0.25) is 9.97 Å². The van der Waals surface area contributed by atoms with Gasteiger partial charge < -0.3 is 0 Å². The minimum absolute atomic E-state index is 0.592. The summed E-state index contributed by atoms with van der Waals surface area (Å²) in [5, 5.41) is 11.8. The predicted molar refractivity (Wildman–Crippen MR) is 248 cm³/mol. The second-order valence-electron chi connectivity index (χ2n) is 15.4. The van der Waals surface area contributed by atoms with E-state index in [2.05, 4.69) is 162 Å². The van der Waals surface area contributed by atoms with Gasteiger partial charge in [0.15, 0.2) is 17.5 Å². The number of nitrogens with zero attached hydrogens (tertiary/aromatic N) is 5. The molecule has 0 N–H and O–H groups in total. The maximum absolute atomic E-state index is 5.25. The standard InChI is InChI=1S/C55H33N5/c1-3-9-36-25-46-27-40(15-13-38(46)23-34(36)7-1)48-31-49(41-16-14-39-24-35-8-2-4-10-37(35)26-47(39)28-41)33-50(32-48)55-59-53(44-17-19-51-42(29-44)11-5-21-56-51)58-54(60-55)45-18-20-52-43(30-45)12-6-22-57-52/h1-33H. The predicted octanol–water partition coefficient (Wildman–Crippen LogP) is 13.9. The van der Waals surface area contributed by atoms with Crippen molar-refractivity contribution in [2.45, 2.75) is 0 Å². The molecule has 9 aromatic carbocycles. The van der Waals surface area contributed by atoms with Crippen molar-refractivity contribution < 1.29 is 0 Å². The monoisotopic (exact) mass is 763 g/mol. The van der Waals surface area contributed by atoms with E-state index in [0.717, 1.165) is 60.8 Å². The molecule has 0 saturated heterocycles. The number of hydrogen-bond donors (Lipinski definition) is 0. The van der Waals surface area contributed by atoms with Gasteiger partial charge >= 0.3 is 0 Å². The van der Waals surface area contributed by atoms with Gasteiger partial charge in [-0.05, 0) is 168 Å². The van der Waals surface area contributed by atoms with E-state index in [9.17, 15) is 0 Å². The van der Waals surface area contributed by atoms with Crippen molar-refractivity contribution in [1.29, 1.82) is 0 Å². The van der Waals surface area contributed by atoms with Gasteiger partial charge in [0.05, 0.1) is 11.0 Å². The first-order chi connectivity index (χ1) is 29.6. The lowest BCUT2D eigenvalue weighted by Gasteiger charge is -2.14. The summed E-state index contributed by atoms with van der Waals surface area (Å²) in [5.41, 5.74) is 8.91. The smallest absolute Gasteiger partial charge is 0.164 e. The van der Waals surface area contributed by atoms with Crippen molar-refractivity contribution in [3.8, 4) is 56.4 Å². The molecule has 5 heteroatoms. The Kier molecular flexibility index (Phi) is 7.78. The van der Waals surface area contributed by atoms with Gasteiger partial charge in [0, 0.05) is 39.9 Å². The highest BCUT2D eigenvalue weighted by Crippen LogP contribution is 2.37. The van der Waals surface area contributed by atoms with Crippen LogP contribution in [-0.4, -0.2) is 24.9 Å². The van der Waals surface area contributed by atoms with Crippen LogP contribution in [0.2, 0.25) is 0 Å². The molecule has 0 radical (unpaired) electrons. The molecule has 12 aromatic rings. The molecule has 0 atom stereocenters. The summed E-state index contributed by atoms with van der Waals surface area (Å²) in [6.45, 7) is 0. The van der Waals surface area contributed by atoms with Gasteiger partial charge in [-0.2, -0.15) is 0 Å². The van der Waals surface area contributed by atoms with E-state index in [4.69, 9.17) is 15.0 Å². The molecule has 60 heavy (non-hydrogen) atoms. The summed E-state index contributed by atoms with van der Waals surface area (Å²) < 4.78 is 0.